The highest BCUT2D eigenvalue weighted by molar-refractivity contribution is 8.14. The number of para-hydroxylation sites is 1. The predicted molar refractivity (Wildman–Crippen MR) is 132 cm³/mol. The molecule has 0 aromatic heterocycles. The molecule has 0 atom stereocenters. The number of hydrogen-bond donors (Lipinski definition) is 0. The van der Waals surface area contributed by atoms with E-state index in [1.165, 1.54) is 43.0 Å². The van der Waals surface area contributed by atoms with Crippen molar-refractivity contribution >= 4 is 40.4 Å². The van der Waals surface area contributed by atoms with Gasteiger partial charge in [0.05, 0.1) is 25.7 Å². The van der Waals surface area contributed by atoms with E-state index >= 15 is 0 Å². The fraction of sp³-hybridized carbons (Fsp3) is 0.115. The van der Waals surface area contributed by atoms with Crippen molar-refractivity contribution in [2.24, 2.45) is 4.99 Å². The van der Waals surface area contributed by atoms with Crippen molar-refractivity contribution in [3.63, 3.8) is 0 Å². The number of Topliss-reactive ketones (excluding diaryl/α,β-unsaturated/α-hetero) is 1. The Morgan fingerprint density at radius 1 is 1.00 bits per heavy atom. The number of amides is 1. The minimum atomic E-state index is -0.362. The quantitative estimate of drug-likeness (QED) is 0.346. The molecule has 6 nitrogen and oxygen atoms in total. The fourth-order valence-corrected chi connectivity index (χ4v) is 4.25. The van der Waals surface area contributed by atoms with Crippen molar-refractivity contribution in [2.45, 2.75) is 0 Å². The number of anilines is 1. The Labute approximate surface area is 200 Å². The number of benzene rings is 3. The van der Waals surface area contributed by atoms with Crippen LogP contribution >= 0.6 is 11.8 Å². The number of ketones is 1. The Bertz CT molecular complexity index is 1270. The lowest BCUT2D eigenvalue weighted by Crippen LogP contribution is -2.30. The minimum absolute atomic E-state index is 0.0642. The average Bonchev–Trinajstić information content (AvgIpc) is 3.18. The van der Waals surface area contributed by atoms with Crippen molar-refractivity contribution in [1.29, 1.82) is 0 Å². The highest BCUT2D eigenvalue weighted by Crippen LogP contribution is 2.31. The third kappa shape index (κ3) is 5.02. The van der Waals surface area contributed by atoms with E-state index < -0.39 is 0 Å². The number of halogens is 1. The van der Waals surface area contributed by atoms with Crippen LogP contribution in [-0.2, 0) is 4.79 Å². The number of ether oxygens (including phenoxy) is 2. The molecule has 1 aliphatic heterocycles. The Morgan fingerprint density at radius 2 is 1.71 bits per heavy atom. The molecule has 34 heavy (non-hydrogen) atoms. The van der Waals surface area contributed by atoms with Crippen LogP contribution in [0.25, 0.3) is 6.08 Å². The van der Waals surface area contributed by atoms with Gasteiger partial charge < -0.3 is 9.47 Å². The second kappa shape index (κ2) is 10.4. The van der Waals surface area contributed by atoms with Gasteiger partial charge in [0.1, 0.15) is 11.5 Å². The Hall–Kier alpha value is -3.91. The number of methoxy groups -OCH3 is 2. The molecule has 0 saturated carbocycles. The summed E-state index contributed by atoms with van der Waals surface area (Å²) in [6.07, 6.45) is 1.60. The van der Waals surface area contributed by atoms with Gasteiger partial charge in [0, 0.05) is 5.56 Å². The highest BCUT2D eigenvalue weighted by Gasteiger charge is 2.32. The lowest BCUT2D eigenvalue weighted by Gasteiger charge is -2.17. The molecule has 3 aromatic rings. The molecule has 0 spiro atoms. The third-order valence-corrected chi connectivity index (χ3v) is 5.99. The third-order valence-electron chi connectivity index (χ3n) is 5.06. The van der Waals surface area contributed by atoms with Gasteiger partial charge >= 0.3 is 0 Å². The van der Waals surface area contributed by atoms with Crippen LogP contribution in [0, 0.1) is 5.82 Å². The summed E-state index contributed by atoms with van der Waals surface area (Å²) in [5.74, 6) is 0.223. The smallest absolute Gasteiger partial charge is 0.283 e. The Morgan fingerprint density at radius 3 is 2.38 bits per heavy atom. The number of amidine groups is 1. The van der Waals surface area contributed by atoms with Crippen LogP contribution in [-0.4, -0.2) is 36.8 Å². The molecule has 0 unspecified atom stereocenters. The molecule has 1 heterocycles. The molecule has 0 fully saturated rings. The topological polar surface area (TPSA) is 68.2 Å². The standard InChI is InChI=1S/C26H21FN2O4S/c1-32-23-13-10-18(15-24(23)33-2)22(30)16-34-26-28-21(14-17-8-11-19(27)12-9-17)25(31)29(26)20-6-4-3-5-7-20/h3-15H,16H2,1-2H3/b21-14+. The number of thioether (sulfide) groups is 1. The van der Waals surface area contributed by atoms with E-state index in [2.05, 4.69) is 4.99 Å². The van der Waals surface area contributed by atoms with Gasteiger partial charge in [0.15, 0.2) is 22.4 Å². The molecule has 0 aliphatic carbocycles. The lowest BCUT2D eigenvalue weighted by atomic mass is 10.1. The van der Waals surface area contributed by atoms with Crippen LogP contribution in [0.4, 0.5) is 10.1 Å². The van der Waals surface area contributed by atoms with Gasteiger partial charge in [-0.3, -0.25) is 14.5 Å². The van der Waals surface area contributed by atoms with Crippen molar-refractivity contribution in [2.75, 3.05) is 24.9 Å². The first-order valence-electron chi connectivity index (χ1n) is 10.3. The molecule has 4 rings (SSSR count). The summed E-state index contributed by atoms with van der Waals surface area (Å²) in [6.45, 7) is 0. The predicted octanol–water partition coefficient (Wildman–Crippen LogP) is 5.20. The summed E-state index contributed by atoms with van der Waals surface area (Å²) < 4.78 is 23.8. The zero-order valence-corrected chi connectivity index (χ0v) is 19.3. The van der Waals surface area contributed by atoms with Crippen LogP contribution in [0.2, 0.25) is 0 Å². The van der Waals surface area contributed by atoms with Crippen molar-refractivity contribution in [3.8, 4) is 11.5 Å². The maximum atomic E-state index is 13.3. The van der Waals surface area contributed by atoms with Crippen LogP contribution in [0.5, 0.6) is 11.5 Å². The molecule has 0 radical (unpaired) electrons. The molecule has 1 amide bonds. The molecule has 1 aliphatic rings. The molecule has 0 bridgehead atoms. The first-order chi connectivity index (χ1) is 16.5. The maximum absolute atomic E-state index is 13.3. The fourth-order valence-electron chi connectivity index (χ4n) is 3.34. The van der Waals surface area contributed by atoms with Gasteiger partial charge in [-0.2, -0.15) is 0 Å². The normalized spacial score (nSPS) is 14.3. The number of nitrogens with zero attached hydrogens (tertiary/aromatic N) is 2. The molecule has 0 saturated heterocycles. The monoisotopic (exact) mass is 476 g/mol. The Kier molecular flexibility index (Phi) is 7.08. The second-order valence-electron chi connectivity index (χ2n) is 7.23. The van der Waals surface area contributed by atoms with Gasteiger partial charge in [-0.15, -0.1) is 0 Å². The van der Waals surface area contributed by atoms with Gasteiger partial charge in [-0.05, 0) is 54.1 Å². The number of carbonyl (C=O) groups is 2. The number of carbonyl (C=O) groups excluding carboxylic acids is 2. The van der Waals surface area contributed by atoms with Crippen LogP contribution in [0.15, 0.2) is 83.5 Å². The molecular weight excluding hydrogens is 455 g/mol. The number of aliphatic imine (C=N–C) groups is 1. The highest BCUT2D eigenvalue weighted by atomic mass is 32.2. The summed E-state index contributed by atoms with van der Waals surface area (Å²) >= 11 is 1.17. The van der Waals surface area contributed by atoms with E-state index in [9.17, 15) is 14.0 Å². The Balaban J connectivity index is 1.59. The summed E-state index contributed by atoms with van der Waals surface area (Å²) in [6, 6.07) is 19.8. The lowest BCUT2D eigenvalue weighted by molar-refractivity contribution is -0.113. The van der Waals surface area contributed by atoms with Crippen molar-refractivity contribution in [3.05, 3.63) is 95.4 Å². The average molecular weight is 477 g/mol. The zero-order chi connectivity index (χ0) is 24.1. The molecule has 8 heteroatoms. The van der Waals surface area contributed by atoms with E-state index in [1.54, 1.807) is 48.5 Å². The van der Waals surface area contributed by atoms with Gasteiger partial charge in [-0.1, -0.05) is 42.1 Å². The van der Waals surface area contributed by atoms with Gasteiger partial charge in [-0.25, -0.2) is 9.38 Å². The number of hydrogen-bond acceptors (Lipinski definition) is 6. The maximum Gasteiger partial charge on any atom is 0.283 e. The van der Waals surface area contributed by atoms with Gasteiger partial charge in [0.25, 0.3) is 5.91 Å². The molecular formula is C26H21FN2O4S. The second-order valence-corrected chi connectivity index (χ2v) is 8.18. The van der Waals surface area contributed by atoms with E-state index in [4.69, 9.17) is 9.47 Å². The molecule has 0 N–H and O–H groups in total. The number of rotatable bonds is 7. The van der Waals surface area contributed by atoms with Crippen molar-refractivity contribution in [1.82, 2.24) is 0 Å². The van der Waals surface area contributed by atoms with E-state index in [1.807, 2.05) is 18.2 Å². The van der Waals surface area contributed by atoms with Crippen molar-refractivity contribution < 1.29 is 23.5 Å². The largest absolute Gasteiger partial charge is 0.493 e. The van der Waals surface area contributed by atoms with E-state index in [0.717, 1.165) is 0 Å². The first-order valence-corrected chi connectivity index (χ1v) is 11.3. The summed E-state index contributed by atoms with van der Waals surface area (Å²) in [5.41, 5.74) is 1.95. The molecule has 172 valence electrons. The zero-order valence-electron chi connectivity index (χ0n) is 18.5. The SMILES string of the molecule is COc1ccc(C(=O)CSC2=N/C(=C/c3ccc(F)cc3)C(=O)N2c2ccccc2)cc1OC. The van der Waals surface area contributed by atoms with Gasteiger partial charge in [0.2, 0.25) is 0 Å². The van der Waals surface area contributed by atoms with Crippen LogP contribution < -0.4 is 14.4 Å². The minimum Gasteiger partial charge on any atom is -0.493 e. The van der Waals surface area contributed by atoms with Crippen LogP contribution in [0.3, 0.4) is 0 Å². The van der Waals surface area contributed by atoms with E-state index in [-0.39, 0.29) is 29.0 Å². The summed E-state index contributed by atoms with van der Waals surface area (Å²) in [5, 5.41) is 0.387. The first kappa shape index (κ1) is 23.3. The van der Waals surface area contributed by atoms with Crippen LogP contribution in [0.1, 0.15) is 15.9 Å². The summed E-state index contributed by atoms with van der Waals surface area (Å²) in [4.78, 5) is 32.0. The van der Waals surface area contributed by atoms with E-state index in [0.29, 0.717) is 33.5 Å². The molecule has 3 aromatic carbocycles. The summed E-state index contributed by atoms with van der Waals surface area (Å²) in [7, 11) is 3.03.